The van der Waals surface area contributed by atoms with Crippen molar-refractivity contribution >= 4 is 0 Å². The number of halogens is 3. The quantitative estimate of drug-likeness (QED) is 0.826. The zero-order valence-electron chi connectivity index (χ0n) is 14.1. The topological polar surface area (TPSA) is 27.3 Å². The fourth-order valence-electron chi connectivity index (χ4n) is 2.98. The number of alkyl halides is 3. The summed E-state index contributed by atoms with van der Waals surface area (Å²) in [7, 11) is 1.94. The van der Waals surface area contributed by atoms with Crippen LogP contribution in [0.3, 0.4) is 0 Å². The van der Waals surface area contributed by atoms with Gasteiger partial charge in [-0.15, -0.1) is 0 Å². The SMILES string of the molecule is CN(Cc1ccc(C(F)(F)F)cc1)C1=C=C(C2NCC(C)(C)N2)C1. The van der Waals surface area contributed by atoms with Gasteiger partial charge in [-0.3, -0.25) is 10.6 Å². The first-order valence-electron chi connectivity index (χ1n) is 8.01. The zero-order valence-corrected chi connectivity index (χ0v) is 14.1. The first kappa shape index (κ1) is 17.1. The van der Waals surface area contributed by atoms with E-state index >= 15 is 0 Å². The van der Waals surface area contributed by atoms with Gasteiger partial charge in [-0.25, -0.2) is 0 Å². The Bertz CT molecular complexity index is 682. The molecule has 0 saturated carbocycles. The number of nitrogens with one attached hydrogen (secondary N) is 2. The minimum Gasteiger partial charge on any atom is -0.367 e. The van der Waals surface area contributed by atoms with Crippen LogP contribution in [0, 0.1) is 0 Å². The number of hydrogen-bond donors (Lipinski definition) is 2. The van der Waals surface area contributed by atoms with E-state index in [-0.39, 0.29) is 11.7 Å². The summed E-state index contributed by atoms with van der Waals surface area (Å²) in [4.78, 5) is 2.03. The van der Waals surface area contributed by atoms with Crippen molar-refractivity contribution in [2.24, 2.45) is 0 Å². The molecule has 1 unspecified atom stereocenters. The van der Waals surface area contributed by atoms with Gasteiger partial charge < -0.3 is 4.90 Å². The number of rotatable bonds is 4. The Balaban J connectivity index is 1.62. The molecule has 2 aliphatic rings. The van der Waals surface area contributed by atoms with E-state index in [2.05, 4.69) is 30.2 Å². The minimum absolute atomic E-state index is 0.0846. The van der Waals surface area contributed by atoms with Crippen molar-refractivity contribution in [2.45, 2.75) is 44.7 Å². The highest BCUT2D eigenvalue weighted by molar-refractivity contribution is 5.31. The van der Waals surface area contributed by atoms with Gasteiger partial charge in [-0.2, -0.15) is 13.2 Å². The number of hydrogen-bond acceptors (Lipinski definition) is 3. The highest BCUT2D eigenvalue weighted by Crippen LogP contribution is 2.30. The lowest BCUT2D eigenvalue weighted by atomic mass is 9.98. The molecule has 1 heterocycles. The molecular weight excluding hydrogens is 315 g/mol. The van der Waals surface area contributed by atoms with Crippen LogP contribution < -0.4 is 10.6 Å². The van der Waals surface area contributed by atoms with E-state index in [1.807, 2.05) is 11.9 Å². The molecule has 1 aliphatic carbocycles. The summed E-state index contributed by atoms with van der Waals surface area (Å²) in [5, 5.41) is 6.94. The third-order valence-electron chi connectivity index (χ3n) is 4.46. The lowest BCUT2D eigenvalue weighted by Crippen LogP contribution is -2.41. The van der Waals surface area contributed by atoms with Crippen LogP contribution in [0.2, 0.25) is 0 Å². The average molecular weight is 337 g/mol. The summed E-state index contributed by atoms with van der Waals surface area (Å²) in [6.45, 7) is 5.80. The van der Waals surface area contributed by atoms with E-state index in [0.717, 1.165) is 36.4 Å². The Morgan fingerprint density at radius 2 is 1.88 bits per heavy atom. The average Bonchev–Trinajstić information content (AvgIpc) is 2.76. The molecule has 1 aromatic carbocycles. The van der Waals surface area contributed by atoms with E-state index in [9.17, 15) is 13.2 Å². The molecule has 0 bridgehead atoms. The predicted molar refractivity (Wildman–Crippen MR) is 87.1 cm³/mol. The van der Waals surface area contributed by atoms with Crippen molar-refractivity contribution < 1.29 is 13.2 Å². The number of benzene rings is 1. The molecule has 3 rings (SSSR count). The normalized spacial score (nSPS) is 22.7. The summed E-state index contributed by atoms with van der Waals surface area (Å²) in [6.07, 6.45) is -3.27. The second kappa shape index (κ2) is 5.96. The van der Waals surface area contributed by atoms with Crippen LogP contribution >= 0.6 is 0 Å². The summed E-state index contributed by atoms with van der Waals surface area (Å²) in [5.41, 5.74) is 5.98. The molecule has 0 radical (unpaired) electrons. The van der Waals surface area contributed by atoms with Crippen molar-refractivity contribution in [3.63, 3.8) is 0 Å². The van der Waals surface area contributed by atoms with Gasteiger partial charge in [0.1, 0.15) is 0 Å². The van der Waals surface area contributed by atoms with Crippen molar-refractivity contribution in [1.29, 1.82) is 0 Å². The van der Waals surface area contributed by atoms with Crippen molar-refractivity contribution in [1.82, 2.24) is 15.5 Å². The van der Waals surface area contributed by atoms with Crippen LogP contribution in [0.15, 0.2) is 41.3 Å². The van der Waals surface area contributed by atoms with Crippen LogP contribution in [-0.4, -0.2) is 30.2 Å². The Labute approximate surface area is 140 Å². The van der Waals surface area contributed by atoms with Gasteiger partial charge >= 0.3 is 6.18 Å². The van der Waals surface area contributed by atoms with Crippen LogP contribution in [0.1, 0.15) is 31.4 Å². The second-order valence-electron chi connectivity index (χ2n) is 7.17. The summed E-state index contributed by atoms with van der Waals surface area (Å²) in [5.74, 6) is 0. The van der Waals surface area contributed by atoms with Crippen LogP contribution in [-0.2, 0) is 12.7 Å². The molecule has 3 nitrogen and oxygen atoms in total. The van der Waals surface area contributed by atoms with Crippen LogP contribution in [0.25, 0.3) is 0 Å². The minimum atomic E-state index is -4.28. The van der Waals surface area contributed by atoms with Crippen molar-refractivity contribution in [3.8, 4) is 0 Å². The standard InChI is InChI=1S/C18H22F3N3/c1-17(2)11-22-16(23-17)13-8-15(9-13)24(3)10-12-4-6-14(7-5-12)18(19,20)21/h4-7,16,22-23H,8,10-11H2,1-3H3. The smallest absolute Gasteiger partial charge is 0.367 e. The molecule has 0 aromatic heterocycles. The number of nitrogens with zero attached hydrogens (tertiary/aromatic N) is 1. The summed E-state index contributed by atoms with van der Waals surface area (Å²) in [6, 6.07) is 5.33. The monoisotopic (exact) mass is 337 g/mol. The second-order valence-corrected chi connectivity index (χ2v) is 7.17. The molecule has 1 aromatic rings. The lowest BCUT2D eigenvalue weighted by molar-refractivity contribution is -0.137. The van der Waals surface area contributed by atoms with Gasteiger partial charge in [0.15, 0.2) is 0 Å². The van der Waals surface area contributed by atoms with Crippen LogP contribution in [0.5, 0.6) is 0 Å². The Kier molecular flexibility index (Phi) is 4.24. The fraction of sp³-hybridized carbons (Fsp3) is 0.500. The van der Waals surface area contributed by atoms with E-state index in [1.54, 1.807) is 0 Å². The molecule has 0 amide bonds. The van der Waals surface area contributed by atoms with E-state index in [4.69, 9.17) is 0 Å². The molecule has 1 saturated heterocycles. The highest BCUT2D eigenvalue weighted by Gasteiger charge is 2.34. The molecule has 1 fully saturated rings. The molecule has 2 N–H and O–H groups in total. The van der Waals surface area contributed by atoms with Gasteiger partial charge in [0.2, 0.25) is 0 Å². The van der Waals surface area contributed by atoms with Gasteiger partial charge in [-0.05, 0) is 31.5 Å². The Morgan fingerprint density at radius 1 is 1.25 bits per heavy atom. The molecule has 1 aliphatic heterocycles. The molecule has 0 spiro atoms. The summed E-state index contributed by atoms with van der Waals surface area (Å²) < 4.78 is 37.7. The molecule has 130 valence electrons. The van der Waals surface area contributed by atoms with E-state index < -0.39 is 11.7 Å². The van der Waals surface area contributed by atoms with Crippen molar-refractivity contribution in [2.75, 3.05) is 13.6 Å². The zero-order chi connectivity index (χ0) is 17.5. The molecule has 6 heteroatoms. The Morgan fingerprint density at radius 3 is 2.38 bits per heavy atom. The third kappa shape index (κ3) is 3.66. The van der Waals surface area contributed by atoms with E-state index in [0.29, 0.717) is 6.54 Å². The van der Waals surface area contributed by atoms with Crippen LogP contribution in [0.4, 0.5) is 13.2 Å². The van der Waals surface area contributed by atoms with E-state index in [1.165, 1.54) is 17.7 Å². The largest absolute Gasteiger partial charge is 0.416 e. The third-order valence-corrected chi connectivity index (χ3v) is 4.46. The highest BCUT2D eigenvalue weighted by atomic mass is 19.4. The maximum Gasteiger partial charge on any atom is 0.416 e. The lowest BCUT2D eigenvalue weighted by Gasteiger charge is -2.29. The molecular formula is C18H22F3N3. The Hall–Kier alpha value is -1.75. The first-order valence-corrected chi connectivity index (χ1v) is 8.01. The van der Waals surface area contributed by atoms with Gasteiger partial charge in [-0.1, -0.05) is 17.9 Å². The fourth-order valence-corrected chi connectivity index (χ4v) is 2.98. The maximum absolute atomic E-state index is 12.6. The molecule has 24 heavy (non-hydrogen) atoms. The van der Waals surface area contributed by atoms with Gasteiger partial charge in [0.25, 0.3) is 0 Å². The van der Waals surface area contributed by atoms with Crippen molar-refractivity contribution in [3.05, 3.63) is 52.4 Å². The van der Waals surface area contributed by atoms with Gasteiger partial charge in [0.05, 0.1) is 17.4 Å². The molecule has 1 atom stereocenters. The summed E-state index contributed by atoms with van der Waals surface area (Å²) >= 11 is 0. The predicted octanol–water partition coefficient (Wildman–Crippen LogP) is 3.25. The maximum atomic E-state index is 12.6. The first-order chi connectivity index (χ1) is 11.1. The van der Waals surface area contributed by atoms with Gasteiger partial charge in [0, 0.05) is 37.7 Å².